The first-order valence-electron chi connectivity index (χ1n) is 7.53. The van der Waals surface area contributed by atoms with Crippen LogP contribution in [0, 0.1) is 5.92 Å². The third kappa shape index (κ3) is 4.85. The number of hydrogen-bond donors (Lipinski definition) is 1. The van der Waals surface area contributed by atoms with Gasteiger partial charge in [0, 0.05) is 42.4 Å². The quantitative estimate of drug-likeness (QED) is 0.806. The van der Waals surface area contributed by atoms with Gasteiger partial charge in [-0.15, -0.1) is 0 Å². The summed E-state index contributed by atoms with van der Waals surface area (Å²) < 4.78 is 4.95. The average molecular weight is 345 g/mol. The van der Waals surface area contributed by atoms with Crippen molar-refractivity contribution in [3.05, 3.63) is 33.8 Å². The lowest BCUT2D eigenvalue weighted by atomic mass is 9.96. The van der Waals surface area contributed by atoms with Crippen LogP contribution >= 0.6 is 23.2 Å². The number of amides is 1. The van der Waals surface area contributed by atoms with Gasteiger partial charge in [-0.1, -0.05) is 29.3 Å². The summed E-state index contributed by atoms with van der Waals surface area (Å²) in [7, 11) is 1.63. The van der Waals surface area contributed by atoms with Crippen molar-refractivity contribution in [3.8, 4) is 0 Å². The smallest absolute Gasteiger partial charge is 0.224 e. The Kier molecular flexibility index (Phi) is 6.96. The number of nitrogens with zero attached hydrogens (tertiary/aromatic N) is 1. The maximum atomic E-state index is 12.2. The van der Waals surface area contributed by atoms with Crippen LogP contribution in [0.2, 0.25) is 10.0 Å². The first-order valence-corrected chi connectivity index (χ1v) is 8.29. The number of hydrogen-bond acceptors (Lipinski definition) is 3. The highest BCUT2D eigenvalue weighted by molar-refractivity contribution is 6.35. The molecule has 0 radical (unpaired) electrons. The number of halogens is 2. The van der Waals surface area contributed by atoms with Crippen LogP contribution < -0.4 is 5.32 Å². The molecule has 122 valence electrons. The van der Waals surface area contributed by atoms with Gasteiger partial charge in [0.1, 0.15) is 0 Å². The predicted molar refractivity (Wildman–Crippen MR) is 89.3 cm³/mol. The number of rotatable bonds is 6. The SMILES string of the molecule is COCCNC(=O)[C@H]1CCCN(Cc2c(Cl)cccc2Cl)C1. The van der Waals surface area contributed by atoms with Crippen LogP contribution in [0.25, 0.3) is 0 Å². The summed E-state index contributed by atoms with van der Waals surface area (Å²) in [5.41, 5.74) is 0.936. The molecule has 0 saturated carbocycles. The molecule has 1 atom stereocenters. The highest BCUT2D eigenvalue weighted by atomic mass is 35.5. The molecule has 1 N–H and O–H groups in total. The molecule has 22 heavy (non-hydrogen) atoms. The minimum atomic E-state index is 0.0202. The zero-order valence-corrected chi connectivity index (χ0v) is 14.3. The standard InChI is InChI=1S/C16H22Cl2N2O2/c1-22-9-7-19-16(21)12-4-3-8-20(10-12)11-13-14(17)5-2-6-15(13)18/h2,5-6,12H,3-4,7-11H2,1H3,(H,19,21)/t12-/m0/s1. The third-order valence-electron chi connectivity index (χ3n) is 3.93. The van der Waals surface area contributed by atoms with Gasteiger partial charge >= 0.3 is 0 Å². The number of carbonyl (C=O) groups excluding carboxylic acids is 1. The number of benzene rings is 1. The molecule has 1 aliphatic rings. The fourth-order valence-corrected chi connectivity index (χ4v) is 3.26. The van der Waals surface area contributed by atoms with E-state index in [0.717, 1.165) is 31.5 Å². The summed E-state index contributed by atoms with van der Waals surface area (Å²) in [6.07, 6.45) is 1.93. The van der Waals surface area contributed by atoms with Crippen LogP contribution in [-0.4, -0.2) is 44.2 Å². The monoisotopic (exact) mass is 344 g/mol. The summed E-state index contributed by atoms with van der Waals surface area (Å²) in [6, 6.07) is 5.54. The predicted octanol–water partition coefficient (Wildman–Crippen LogP) is 2.97. The Balaban J connectivity index is 1.92. The van der Waals surface area contributed by atoms with E-state index in [4.69, 9.17) is 27.9 Å². The number of methoxy groups -OCH3 is 1. The highest BCUT2D eigenvalue weighted by Crippen LogP contribution is 2.27. The van der Waals surface area contributed by atoms with E-state index in [-0.39, 0.29) is 11.8 Å². The second-order valence-electron chi connectivity index (χ2n) is 5.56. The van der Waals surface area contributed by atoms with E-state index in [2.05, 4.69) is 10.2 Å². The van der Waals surface area contributed by atoms with E-state index >= 15 is 0 Å². The molecule has 0 spiro atoms. The Morgan fingerprint density at radius 3 is 2.82 bits per heavy atom. The zero-order chi connectivity index (χ0) is 15.9. The Bertz CT molecular complexity index is 491. The molecule has 4 nitrogen and oxygen atoms in total. The lowest BCUT2D eigenvalue weighted by Gasteiger charge is -2.32. The highest BCUT2D eigenvalue weighted by Gasteiger charge is 2.26. The van der Waals surface area contributed by atoms with Crippen LogP contribution in [0.5, 0.6) is 0 Å². The second kappa shape index (κ2) is 8.73. The molecule has 1 amide bonds. The van der Waals surface area contributed by atoms with Crippen molar-refractivity contribution in [2.24, 2.45) is 5.92 Å². The van der Waals surface area contributed by atoms with Crippen molar-refractivity contribution in [2.45, 2.75) is 19.4 Å². The molecule has 1 fully saturated rings. The minimum Gasteiger partial charge on any atom is -0.383 e. The summed E-state index contributed by atoms with van der Waals surface area (Å²) in [4.78, 5) is 14.4. The Morgan fingerprint density at radius 1 is 1.41 bits per heavy atom. The van der Waals surface area contributed by atoms with E-state index in [0.29, 0.717) is 29.7 Å². The van der Waals surface area contributed by atoms with Crippen molar-refractivity contribution in [1.82, 2.24) is 10.2 Å². The van der Waals surface area contributed by atoms with Crippen molar-refractivity contribution in [2.75, 3.05) is 33.4 Å². The van der Waals surface area contributed by atoms with Crippen molar-refractivity contribution >= 4 is 29.1 Å². The summed E-state index contributed by atoms with van der Waals surface area (Å²) >= 11 is 12.5. The lowest BCUT2D eigenvalue weighted by molar-refractivity contribution is -0.127. The summed E-state index contributed by atoms with van der Waals surface area (Å²) in [5, 5.41) is 4.28. The van der Waals surface area contributed by atoms with Crippen LogP contribution in [-0.2, 0) is 16.1 Å². The number of piperidine rings is 1. The fourth-order valence-electron chi connectivity index (χ4n) is 2.74. The van der Waals surface area contributed by atoms with Crippen LogP contribution in [0.3, 0.4) is 0 Å². The summed E-state index contributed by atoms with van der Waals surface area (Å²) in [6.45, 7) is 3.48. The minimum absolute atomic E-state index is 0.0202. The molecule has 1 aliphatic heterocycles. The Morgan fingerprint density at radius 2 is 2.14 bits per heavy atom. The Hall–Kier alpha value is -0.810. The van der Waals surface area contributed by atoms with Gasteiger partial charge < -0.3 is 10.1 Å². The lowest BCUT2D eigenvalue weighted by Crippen LogP contribution is -2.43. The van der Waals surface area contributed by atoms with Crippen molar-refractivity contribution < 1.29 is 9.53 Å². The fraction of sp³-hybridized carbons (Fsp3) is 0.562. The molecule has 0 bridgehead atoms. The molecule has 1 heterocycles. The molecule has 1 aromatic rings. The van der Waals surface area contributed by atoms with E-state index in [1.807, 2.05) is 18.2 Å². The maximum Gasteiger partial charge on any atom is 0.224 e. The molecule has 1 saturated heterocycles. The van der Waals surface area contributed by atoms with E-state index < -0.39 is 0 Å². The van der Waals surface area contributed by atoms with Gasteiger partial charge in [-0.2, -0.15) is 0 Å². The molecular formula is C16H22Cl2N2O2. The molecular weight excluding hydrogens is 323 g/mol. The topological polar surface area (TPSA) is 41.6 Å². The van der Waals surface area contributed by atoms with Gasteiger partial charge in [-0.3, -0.25) is 9.69 Å². The normalized spacial score (nSPS) is 19.1. The summed E-state index contributed by atoms with van der Waals surface area (Å²) in [5.74, 6) is 0.124. The van der Waals surface area contributed by atoms with Crippen LogP contribution in [0.15, 0.2) is 18.2 Å². The largest absolute Gasteiger partial charge is 0.383 e. The molecule has 0 unspecified atom stereocenters. The molecule has 0 aromatic heterocycles. The van der Waals surface area contributed by atoms with Gasteiger partial charge in [0.05, 0.1) is 12.5 Å². The molecule has 2 rings (SSSR count). The molecule has 1 aromatic carbocycles. The maximum absolute atomic E-state index is 12.2. The number of nitrogens with one attached hydrogen (secondary N) is 1. The van der Waals surface area contributed by atoms with Crippen molar-refractivity contribution in [1.29, 1.82) is 0 Å². The number of carbonyl (C=O) groups is 1. The Labute approximate surface area is 141 Å². The van der Waals surface area contributed by atoms with E-state index in [1.54, 1.807) is 7.11 Å². The van der Waals surface area contributed by atoms with Gasteiger partial charge in [-0.05, 0) is 31.5 Å². The number of ether oxygens (including phenoxy) is 1. The zero-order valence-electron chi connectivity index (χ0n) is 12.8. The van der Waals surface area contributed by atoms with Crippen LogP contribution in [0.1, 0.15) is 18.4 Å². The van der Waals surface area contributed by atoms with Gasteiger partial charge in [-0.25, -0.2) is 0 Å². The third-order valence-corrected chi connectivity index (χ3v) is 4.63. The van der Waals surface area contributed by atoms with Crippen LogP contribution in [0.4, 0.5) is 0 Å². The second-order valence-corrected chi connectivity index (χ2v) is 6.37. The first-order chi connectivity index (χ1) is 10.6. The van der Waals surface area contributed by atoms with E-state index in [1.165, 1.54) is 0 Å². The molecule has 6 heteroatoms. The first kappa shape index (κ1) is 17.5. The van der Waals surface area contributed by atoms with E-state index in [9.17, 15) is 4.79 Å². The molecule has 0 aliphatic carbocycles. The van der Waals surface area contributed by atoms with Crippen molar-refractivity contribution in [3.63, 3.8) is 0 Å². The average Bonchev–Trinajstić information content (AvgIpc) is 2.51. The van der Waals surface area contributed by atoms with Gasteiger partial charge in [0.15, 0.2) is 0 Å². The van der Waals surface area contributed by atoms with Gasteiger partial charge in [0.2, 0.25) is 5.91 Å². The number of likely N-dealkylation sites (tertiary alicyclic amines) is 1. The van der Waals surface area contributed by atoms with Gasteiger partial charge in [0.25, 0.3) is 0 Å².